The van der Waals surface area contributed by atoms with Gasteiger partial charge in [-0.15, -0.1) is 0 Å². The number of aromatic nitrogens is 2. The Hall–Kier alpha value is -0.830. The fourth-order valence-electron chi connectivity index (χ4n) is 1.76. The van der Waals surface area contributed by atoms with Crippen molar-refractivity contribution >= 4 is 0 Å². The van der Waals surface area contributed by atoms with Crippen LogP contribution in [0.5, 0.6) is 0 Å². The molecule has 1 rings (SSSR count). The quantitative estimate of drug-likeness (QED) is 0.825. The van der Waals surface area contributed by atoms with Crippen LogP contribution in [0.1, 0.15) is 45.5 Å². The summed E-state index contributed by atoms with van der Waals surface area (Å²) < 4.78 is 2.14. The summed E-state index contributed by atoms with van der Waals surface area (Å²) in [7, 11) is 0. The zero-order valence-corrected chi connectivity index (χ0v) is 10.4. The van der Waals surface area contributed by atoms with Gasteiger partial charge in [0.15, 0.2) is 0 Å². The summed E-state index contributed by atoms with van der Waals surface area (Å²) in [4.78, 5) is 0. The van der Waals surface area contributed by atoms with Gasteiger partial charge in [-0.1, -0.05) is 13.3 Å². The third-order valence-corrected chi connectivity index (χ3v) is 2.38. The molecule has 0 fully saturated rings. The first-order valence-corrected chi connectivity index (χ1v) is 5.77. The molecule has 0 saturated carbocycles. The molecule has 0 saturated heterocycles. The Kier molecular flexibility index (Phi) is 3.91. The highest BCUT2D eigenvalue weighted by atomic mass is 15.3. The van der Waals surface area contributed by atoms with Crippen LogP contribution < -0.4 is 5.73 Å². The molecule has 0 aliphatic rings. The molecule has 1 aromatic rings. The van der Waals surface area contributed by atoms with Gasteiger partial charge in [-0.3, -0.25) is 4.68 Å². The zero-order valence-electron chi connectivity index (χ0n) is 10.4. The van der Waals surface area contributed by atoms with Crippen molar-refractivity contribution in [3.63, 3.8) is 0 Å². The predicted octanol–water partition coefficient (Wildman–Crippen LogP) is 2.09. The van der Waals surface area contributed by atoms with Crippen LogP contribution in [0.3, 0.4) is 0 Å². The number of nitrogens with two attached hydrogens (primary N) is 1. The maximum absolute atomic E-state index is 5.55. The fraction of sp³-hybridized carbons (Fsp3) is 0.750. The summed E-state index contributed by atoms with van der Waals surface area (Å²) in [6.45, 7) is 9.43. The maximum Gasteiger partial charge on any atom is 0.0640 e. The molecule has 2 N–H and O–H groups in total. The molecule has 0 amide bonds. The minimum absolute atomic E-state index is 0.0668. The highest BCUT2D eigenvalue weighted by Crippen LogP contribution is 2.18. The van der Waals surface area contributed by atoms with Gasteiger partial charge in [0.2, 0.25) is 0 Å². The average Bonchev–Trinajstić information content (AvgIpc) is 2.49. The van der Waals surface area contributed by atoms with Crippen molar-refractivity contribution in [1.29, 1.82) is 0 Å². The van der Waals surface area contributed by atoms with Crippen LogP contribution in [0.15, 0.2) is 6.07 Å². The molecule has 15 heavy (non-hydrogen) atoms. The molecule has 0 bridgehead atoms. The molecule has 0 aliphatic heterocycles. The highest BCUT2D eigenvalue weighted by Gasteiger charge is 2.18. The van der Waals surface area contributed by atoms with Crippen molar-refractivity contribution in [1.82, 2.24) is 9.78 Å². The summed E-state index contributed by atoms with van der Waals surface area (Å²) in [5.74, 6) is 0. The summed E-state index contributed by atoms with van der Waals surface area (Å²) in [6, 6.07) is 2.20. The summed E-state index contributed by atoms with van der Waals surface area (Å²) in [5.41, 5.74) is 8.07. The second kappa shape index (κ2) is 4.79. The molecule has 0 atom stereocenters. The molecular formula is C12H23N3. The molecule has 0 aromatic carbocycles. The van der Waals surface area contributed by atoms with Crippen LogP contribution in [0.25, 0.3) is 0 Å². The van der Waals surface area contributed by atoms with Gasteiger partial charge < -0.3 is 5.73 Å². The van der Waals surface area contributed by atoms with Crippen LogP contribution in [0, 0.1) is 0 Å². The maximum atomic E-state index is 5.55. The number of rotatable bonds is 4. The van der Waals surface area contributed by atoms with Crippen LogP contribution in [0.2, 0.25) is 0 Å². The highest BCUT2D eigenvalue weighted by molar-refractivity contribution is 5.13. The Morgan fingerprint density at radius 1 is 1.33 bits per heavy atom. The van der Waals surface area contributed by atoms with Gasteiger partial charge in [-0.25, -0.2) is 0 Å². The van der Waals surface area contributed by atoms with Gasteiger partial charge >= 0.3 is 0 Å². The number of aryl methyl sites for hydroxylation is 1. The van der Waals surface area contributed by atoms with Crippen molar-refractivity contribution < 1.29 is 0 Å². The van der Waals surface area contributed by atoms with Crippen molar-refractivity contribution in [3.05, 3.63) is 17.5 Å². The molecule has 3 nitrogen and oxygen atoms in total. The first kappa shape index (κ1) is 12.2. The Labute approximate surface area is 92.7 Å². The Balaban J connectivity index is 3.00. The largest absolute Gasteiger partial charge is 0.330 e. The average molecular weight is 209 g/mol. The predicted molar refractivity (Wildman–Crippen MR) is 64.0 cm³/mol. The molecule has 86 valence electrons. The van der Waals surface area contributed by atoms with E-state index in [-0.39, 0.29) is 5.54 Å². The third kappa shape index (κ3) is 3.06. The van der Waals surface area contributed by atoms with Gasteiger partial charge in [-0.05, 0) is 39.8 Å². The van der Waals surface area contributed by atoms with E-state index in [2.05, 4.69) is 43.5 Å². The third-order valence-electron chi connectivity index (χ3n) is 2.38. The van der Waals surface area contributed by atoms with E-state index in [1.54, 1.807) is 0 Å². The molecule has 0 unspecified atom stereocenters. The van der Waals surface area contributed by atoms with Gasteiger partial charge in [0.05, 0.1) is 11.2 Å². The molecule has 0 spiro atoms. The van der Waals surface area contributed by atoms with Gasteiger partial charge in [0.25, 0.3) is 0 Å². The Bertz CT molecular complexity index is 307. The second-order valence-corrected chi connectivity index (χ2v) is 5.00. The fourth-order valence-corrected chi connectivity index (χ4v) is 1.76. The smallest absolute Gasteiger partial charge is 0.0640 e. The molecule has 1 heterocycles. The number of hydrogen-bond acceptors (Lipinski definition) is 2. The lowest BCUT2D eigenvalue weighted by atomic mass is 10.1. The van der Waals surface area contributed by atoms with Crippen molar-refractivity contribution in [2.24, 2.45) is 5.73 Å². The first-order valence-electron chi connectivity index (χ1n) is 5.77. The summed E-state index contributed by atoms with van der Waals surface area (Å²) >= 11 is 0. The van der Waals surface area contributed by atoms with Crippen LogP contribution >= 0.6 is 0 Å². The van der Waals surface area contributed by atoms with Gasteiger partial charge in [-0.2, -0.15) is 5.10 Å². The van der Waals surface area contributed by atoms with E-state index < -0.39 is 0 Å². The van der Waals surface area contributed by atoms with Crippen LogP contribution in [-0.2, 0) is 18.4 Å². The van der Waals surface area contributed by atoms with Crippen molar-refractivity contribution in [3.8, 4) is 0 Å². The van der Waals surface area contributed by atoms with E-state index in [4.69, 9.17) is 5.73 Å². The second-order valence-electron chi connectivity index (χ2n) is 5.00. The first-order chi connectivity index (χ1) is 6.99. The molecular weight excluding hydrogens is 186 g/mol. The van der Waals surface area contributed by atoms with E-state index in [0.29, 0.717) is 6.54 Å². The Morgan fingerprint density at radius 3 is 2.47 bits per heavy atom. The monoisotopic (exact) mass is 209 g/mol. The molecule has 3 heteroatoms. The van der Waals surface area contributed by atoms with Crippen LogP contribution in [-0.4, -0.2) is 16.3 Å². The molecule has 0 radical (unpaired) electrons. The Morgan fingerprint density at radius 2 is 2.00 bits per heavy atom. The standard InChI is InChI=1S/C12H23N3/c1-5-6-11-9-10(7-8-13)14-15(11)12(2,3)4/h9H,5-8,13H2,1-4H3. The minimum Gasteiger partial charge on any atom is -0.330 e. The molecule has 0 aliphatic carbocycles. The van der Waals surface area contributed by atoms with Crippen LogP contribution in [0.4, 0.5) is 0 Å². The van der Waals surface area contributed by atoms with Gasteiger partial charge in [0.1, 0.15) is 0 Å². The van der Waals surface area contributed by atoms with Crippen molar-refractivity contribution in [2.45, 2.75) is 52.5 Å². The van der Waals surface area contributed by atoms with Crippen molar-refractivity contribution in [2.75, 3.05) is 6.54 Å². The minimum atomic E-state index is 0.0668. The zero-order chi connectivity index (χ0) is 11.5. The SMILES string of the molecule is CCCc1cc(CCN)nn1C(C)(C)C. The van der Waals surface area contributed by atoms with E-state index in [1.165, 1.54) is 5.69 Å². The lowest BCUT2D eigenvalue weighted by Gasteiger charge is -2.22. The normalized spacial score (nSPS) is 12.1. The number of nitrogens with zero attached hydrogens (tertiary/aromatic N) is 2. The molecule has 1 aromatic heterocycles. The summed E-state index contributed by atoms with van der Waals surface area (Å²) in [6.07, 6.45) is 3.12. The lowest BCUT2D eigenvalue weighted by molar-refractivity contribution is 0.341. The number of hydrogen-bond donors (Lipinski definition) is 1. The summed E-state index contributed by atoms with van der Waals surface area (Å²) in [5, 5.41) is 4.63. The van der Waals surface area contributed by atoms with E-state index >= 15 is 0 Å². The van der Waals surface area contributed by atoms with E-state index in [9.17, 15) is 0 Å². The van der Waals surface area contributed by atoms with E-state index in [0.717, 1.165) is 25.0 Å². The topological polar surface area (TPSA) is 43.8 Å². The lowest BCUT2D eigenvalue weighted by Crippen LogP contribution is -2.25. The van der Waals surface area contributed by atoms with Gasteiger partial charge in [0, 0.05) is 12.1 Å². The van der Waals surface area contributed by atoms with E-state index in [1.807, 2.05) is 0 Å².